The van der Waals surface area contributed by atoms with E-state index in [1.165, 1.54) is 6.92 Å². The first-order chi connectivity index (χ1) is 27.0. The molecule has 1 atom stereocenters. The Hall–Kier alpha value is -5.92. The van der Waals surface area contributed by atoms with E-state index in [2.05, 4.69) is 25.2 Å². The molecular weight excluding hydrogens is 754 g/mol. The summed E-state index contributed by atoms with van der Waals surface area (Å²) < 4.78 is 27.1. The number of rotatable bonds is 18. The van der Waals surface area contributed by atoms with Crippen molar-refractivity contribution >= 4 is 29.9 Å². The van der Waals surface area contributed by atoms with Crippen LogP contribution < -0.4 is 0 Å². The van der Waals surface area contributed by atoms with Crippen molar-refractivity contribution in [2.24, 2.45) is 0 Å². The van der Waals surface area contributed by atoms with E-state index in [0.29, 0.717) is 34.8 Å². The predicted molar refractivity (Wildman–Crippen MR) is 195 cm³/mol. The maximum Gasteiger partial charge on any atom is 0.511 e. The van der Waals surface area contributed by atoms with Crippen molar-refractivity contribution in [1.29, 1.82) is 0 Å². The Morgan fingerprint density at radius 3 is 2.20 bits per heavy atom. The summed E-state index contributed by atoms with van der Waals surface area (Å²) in [6.45, 7) is 4.97. The highest BCUT2D eigenvalue weighted by atomic mass is 35.5. The van der Waals surface area contributed by atoms with Crippen molar-refractivity contribution in [3.63, 3.8) is 0 Å². The van der Waals surface area contributed by atoms with E-state index in [-0.39, 0.29) is 49.3 Å². The van der Waals surface area contributed by atoms with E-state index in [9.17, 15) is 14.4 Å². The van der Waals surface area contributed by atoms with Gasteiger partial charge in [0, 0.05) is 25.5 Å². The van der Waals surface area contributed by atoms with E-state index in [0.717, 1.165) is 34.3 Å². The zero-order valence-electron chi connectivity index (χ0n) is 30.7. The zero-order valence-corrected chi connectivity index (χ0v) is 31.5. The third-order valence-corrected chi connectivity index (χ3v) is 8.26. The first kappa shape index (κ1) is 41.2. The third kappa shape index (κ3) is 11.5. The number of hydrogen-bond donors (Lipinski definition) is 2. The van der Waals surface area contributed by atoms with Crippen LogP contribution in [0.4, 0.5) is 9.59 Å². The summed E-state index contributed by atoms with van der Waals surface area (Å²) in [5.74, 6) is 0.113. The molecule has 3 aromatic carbocycles. The van der Waals surface area contributed by atoms with Crippen molar-refractivity contribution in [2.45, 2.75) is 72.8 Å². The maximum absolute atomic E-state index is 13.3. The van der Waals surface area contributed by atoms with E-state index < -0.39 is 24.6 Å². The van der Waals surface area contributed by atoms with E-state index in [1.807, 2.05) is 55.5 Å². The Morgan fingerprint density at radius 1 is 0.839 bits per heavy atom. The molecule has 0 aliphatic heterocycles. The molecule has 18 nitrogen and oxygen atoms in total. The molecule has 2 N–H and O–H groups in total. The fourth-order valence-electron chi connectivity index (χ4n) is 5.34. The highest BCUT2D eigenvalue weighted by Crippen LogP contribution is 2.30. The quantitative estimate of drug-likeness (QED) is 0.0407. The molecule has 0 radical (unpaired) electrons. The maximum atomic E-state index is 13.3. The second-order valence-electron chi connectivity index (χ2n) is 12.0. The van der Waals surface area contributed by atoms with Crippen LogP contribution in [0.1, 0.15) is 66.6 Å². The summed E-state index contributed by atoms with van der Waals surface area (Å²) in [7, 11) is 0. The van der Waals surface area contributed by atoms with Gasteiger partial charge in [-0.3, -0.25) is 10.4 Å². The summed E-state index contributed by atoms with van der Waals surface area (Å²) in [5, 5.41) is 29.5. The first-order valence-corrected chi connectivity index (χ1v) is 17.9. The number of carbonyl (C=O) groups excluding carboxylic acids is 3. The minimum Gasteiger partial charge on any atom is -0.435 e. The van der Waals surface area contributed by atoms with Gasteiger partial charge >= 0.3 is 18.3 Å². The van der Waals surface area contributed by atoms with Crippen molar-refractivity contribution in [2.75, 3.05) is 6.61 Å². The molecule has 56 heavy (non-hydrogen) atoms. The van der Waals surface area contributed by atoms with Crippen LogP contribution in [0.25, 0.3) is 22.5 Å². The molecule has 0 saturated carbocycles. The molecule has 0 spiro atoms. The molecule has 19 heteroatoms. The third-order valence-electron chi connectivity index (χ3n) is 8.00. The SMILES string of the molecule is CCCCc1nc(Cl)c(C(=O)OC(C)OC(=O)OCC)n1Cc1ccc(-c2ccccc2-c2nnn(COC(=O)OCc3ccc(CON(O)O)cc3)n2)cc1. The summed E-state index contributed by atoms with van der Waals surface area (Å²) in [6.07, 6.45) is -0.826. The molecule has 0 amide bonds. The fraction of sp³-hybridized carbons (Fsp3) is 0.324. The normalized spacial score (nSPS) is 11.6. The van der Waals surface area contributed by atoms with E-state index in [1.54, 1.807) is 35.8 Å². The number of halogens is 1. The van der Waals surface area contributed by atoms with E-state index in [4.69, 9.17) is 45.7 Å². The molecule has 1 unspecified atom stereocenters. The summed E-state index contributed by atoms with van der Waals surface area (Å²) in [5.41, 5.74) is 4.57. The van der Waals surface area contributed by atoms with Crippen LogP contribution in [0.5, 0.6) is 0 Å². The highest BCUT2D eigenvalue weighted by molar-refractivity contribution is 6.32. The van der Waals surface area contributed by atoms with Gasteiger partial charge in [0.25, 0.3) is 0 Å². The second kappa shape index (κ2) is 20.1. The van der Waals surface area contributed by atoms with Crippen molar-refractivity contribution < 1.29 is 53.3 Å². The van der Waals surface area contributed by atoms with Gasteiger partial charge in [-0.1, -0.05) is 97.7 Å². The van der Waals surface area contributed by atoms with Gasteiger partial charge in [0.15, 0.2) is 10.8 Å². The molecule has 0 fully saturated rings. The number of imidazole rings is 1. The Labute approximate surface area is 325 Å². The number of nitrogens with zero attached hydrogens (tertiary/aromatic N) is 7. The predicted octanol–water partition coefficient (Wildman–Crippen LogP) is 6.75. The molecule has 0 saturated heterocycles. The summed E-state index contributed by atoms with van der Waals surface area (Å²) in [4.78, 5) is 47.3. The van der Waals surface area contributed by atoms with Crippen molar-refractivity contribution in [3.8, 4) is 22.5 Å². The van der Waals surface area contributed by atoms with Crippen LogP contribution in [-0.4, -0.2) is 76.7 Å². The number of benzene rings is 3. The number of ether oxygens (including phenoxy) is 5. The minimum atomic E-state index is -1.22. The van der Waals surface area contributed by atoms with E-state index >= 15 is 0 Å². The van der Waals surface area contributed by atoms with Crippen molar-refractivity contribution in [1.82, 2.24) is 35.1 Å². The summed E-state index contributed by atoms with van der Waals surface area (Å²) >= 11 is 6.47. The summed E-state index contributed by atoms with van der Waals surface area (Å²) in [6, 6.07) is 21.9. The Bertz CT molecular complexity index is 2070. The number of aryl methyl sites for hydroxylation is 1. The van der Waals surface area contributed by atoms with Crippen LogP contribution in [0.2, 0.25) is 5.15 Å². The van der Waals surface area contributed by atoms with Gasteiger partial charge in [-0.15, -0.1) is 15.0 Å². The average molecular weight is 794 g/mol. The van der Waals surface area contributed by atoms with Gasteiger partial charge in [0.05, 0.1) is 18.6 Å². The van der Waals surface area contributed by atoms with Crippen LogP contribution in [0.15, 0.2) is 72.8 Å². The van der Waals surface area contributed by atoms with Crippen LogP contribution in [-0.2, 0) is 61.4 Å². The smallest absolute Gasteiger partial charge is 0.435 e. The van der Waals surface area contributed by atoms with Gasteiger partial charge in [-0.25, -0.2) is 24.2 Å². The molecule has 0 aliphatic carbocycles. The topological polar surface area (TPSA) is 212 Å². The zero-order chi connectivity index (χ0) is 40.0. The lowest BCUT2D eigenvalue weighted by atomic mass is 9.98. The number of aromatic nitrogens is 6. The lowest BCUT2D eigenvalue weighted by molar-refractivity contribution is -0.497. The monoisotopic (exact) mass is 793 g/mol. The lowest BCUT2D eigenvalue weighted by Crippen LogP contribution is -2.24. The number of hydrogen-bond acceptors (Lipinski definition) is 16. The standard InChI is InChI=1S/C37H40ClN7O11/c1-4-6-11-31-39-33(38)32(35(46)55-24(3)56-37(48)51-5-2)43(31)20-25-16-18-28(19-17-25)29-9-7-8-10-30(29)34-40-42-44(41-34)23-53-36(47)52-21-26-12-14-27(15-13-26)22-54-45(49)50/h7-10,12-19,24,49-50H,4-6,11,20-23H2,1-3H3. The Kier molecular flexibility index (Phi) is 14.8. The van der Waals surface area contributed by atoms with Crippen LogP contribution in [0, 0.1) is 0 Å². The lowest BCUT2D eigenvalue weighted by Gasteiger charge is -2.16. The van der Waals surface area contributed by atoms with Crippen LogP contribution in [0.3, 0.4) is 0 Å². The number of unbranched alkanes of at least 4 members (excludes halogenated alkanes) is 1. The molecule has 5 aromatic rings. The molecular formula is C37H40ClN7O11. The van der Waals surface area contributed by atoms with Gasteiger partial charge in [-0.2, -0.15) is 0 Å². The number of carbonyl (C=O) groups is 3. The molecule has 296 valence electrons. The Balaban J connectivity index is 1.23. The van der Waals surface area contributed by atoms with Gasteiger partial charge < -0.3 is 28.3 Å². The molecule has 2 aromatic heterocycles. The average Bonchev–Trinajstić information content (AvgIpc) is 3.78. The molecule has 0 aliphatic rings. The second-order valence-corrected chi connectivity index (χ2v) is 12.4. The Morgan fingerprint density at radius 2 is 1.52 bits per heavy atom. The highest BCUT2D eigenvalue weighted by Gasteiger charge is 2.26. The largest absolute Gasteiger partial charge is 0.511 e. The van der Waals surface area contributed by atoms with Crippen molar-refractivity contribution in [3.05, 3.63) is 106 Å². The number of esters is 1. The van der Waals surface area contributed by atoms with Gasteiger partial charge in [-0.05, 0) is 46.4 Å². The first-order valence-electron chi connectivity index (χ1n) is 17.5. The molecule has 5 rings (SSSR count). The minimum absolute atomic E-state index is 0.0202. The molecule has 0 bridgehead atoms. The number of tetrazole rings is 1. The molecule has 2 heterocycles. The van der Waals surface area contributed by atoms with Crippen LogP contribution >= 0.6 is 11.6 Å². The van der Waals surface area contributed by atoms with Gasteiger partial charge in [0.1, 0.15) is 12.4 Å². The van der Waals surface area contributed by atoms with Gasteiger partial charge in [0.2, 0.25) is 18.8 Å². The fourth-order valence-corrected chi connectivity index (χ4v) is 5.62.